The highest BCUT2D eigenvalue weighted by atomic mass is 16.6. The van der Waals surface area contributed by atoms with Crippen LogP contribution in [-0.4, -0.2) is 52.3 Å². The van der Waals surface area contributed by atoms with Crippen LogP contribution in [0.15, 0.2) is 30.3 Å². The van der Waals surface area contributed by atoms with Crippen LogP contribution >= 0.6 is 0 Å². The van der Waals surface area contributed by atoms with Gasteiger partial charge in [0.1, 0.15) is 18.9 Å². The van der Waals surface area contributed by atoms with E-state index in [2.05, 4.69) is 0 Å². The summed E-state index contributed by atoms with van der Waals surface area (Å²) in [6.45, 7) is 5.06. The van der Waals surface area contributed by atoms with E-state index >= 15 is 0 Å². The van der Waals surface area contributed by atoms with Crippen molar-refractivity contribution in [3.8, 4) is 0 Å². The van der Waals surface area contributed by atoms with Crippen molar-refractivity contribution in [1.82, 2.24) is 9.80 Å². The lowest BCUT2D eigenvalue weighted by molar-refractivity contribution is -0.137. The van der Waals surface area contributed by atoms with Gasteiger partial charge < -0.3 is 14.7 Å². The smallest absolute Gasteiger partial charge is 0.412 e. The van der Waals surface area contributed by atoms with Gasteiger partial charge in [0.25, 0.3) is 0 Å². The molecule has 1 N–H and O–H groups in total. The fourth-order valence-corrected chi connectivity index (χ4v) is 2.82. The van der Waals surface area contributed by atoms with Crippen molar-refractivity contribution in [2.24, 2.45) is 0 Å². The minimum atomic E-state index is -0.970. The molecule has 23 heavy (non-hydrogen) atoms. The molecule has 1 fully saturated rings. The molecule has 2 rings (SSSR count). The van der Waals surface area contributed by atoms with Crippen LogP contribution in [0, 0.1) is 0 Å². The number of nitrogens with zero attached hydrogens (tertiary/aromatic N) is 2. The third-order valence-electron chi connectivity index (χ3n) is 4.13. The first-order valence-electron chi connectivity index (χ1n) is 8.04. The van der Waals surface area contributed by atoms with Crippen molar-refractivity contribution in [2.75, 3.05) is 13.1 Å². The molecule has 6 nitrogen and oxygen atoms in total. The SMILES string of the molecule is CCN(CC)C(=O)[C@@H]1CCC(O)N1C(=O)OCc1ccccc1. The number of rotatable bonds is 5. The number of aliphatic hydroxyl groups excluding tert-OH is 1. The first kappa shape index (κ1) is 17.3. The summed E-state index contributed by atoms with van der Waals surface area (Å²) in [7, 11) is 0. The molecule has 2 atom stereocenters. The highest BCUT2D eigenvalue weighted by Crippen LogP contribution is 2.25. The maximum atomic E-state index is 12.5. The number of aliphatic hydroxyl groups is 1. The average Bonchev–Trinajstić information content (AvgIpc) is 2.96. The lowest BCUT2D eigenvalue weighted by atomic mass is 10.2. The molecule has 1 saturated heterocycles. The Balaban J connectivity index is 2.02. The number of hydrogen-bond donors (Lipinski definition) is 1. The van der Waals surface area contributed by atoms with Crippen LogP contribution in [-0.2, 0) is 16.1 Å². The Kier molecular flexibility index (Phi) is 5.98. The zero-order valence-electron chi connectivity index (χ0n) is 13.6. The van der Waals surface area contributed by atoms with Gasteiger partial charge in [0.05, 0.1) is 0 Å². The van der Waals surface area contributed by atoms with Crippen LogP contribution in [0.2, 0.25) is 0 Å². The van der Waals surface area contributed by atoms with Crippen LogP contribution in [0.1, 0.15) is 32.3 Å². The van der Waals surface area contributed by atoms with Crippen molar-refractivity contribution < 1.29 is 19.4 Å². The van der Waals surface area contributed by atoms with Gasteiger partial charge >= 0.3 is 6.09 Å². The fraction of sp³-hybridized carbons (Fsp3) is 0.529. The number of hydrogen-bond acceptors (Lipinski definition) is 4. The van der Waals surface area contributed by atoms with E-state index in [9.17, 15) is 14.7 Å². The Morgan fingerprint density at radius 2 is 1.87 bits per heavy atom. The van der Waals surface area contributed by atoms with E-state index < -0.39 is 18.4 Å². The molecule has 0 aliphatic carbocycles. The largest absolute Gasteiger partial charge is 0.444 e. The van der Waals surface area contributed by atoms with Gasteiger partial charge in [0.15, 0.2) is 0 Å². The summed E-state index contributed by atoms with van der Waals surface area (Å²) in [5, 5.41) is 10.1. The van der Waals surface area contributed by atoms with E-state index in [0.717, 1.165) is 5.56 Å². The van der Waals surface area contributed by atoms with Gasteiger partial charge in [0.2, 0.25) is 5.91 Å². The van der Waals surface area contributed by atoms with Gasteiger partial charge in [-0.15, -0.1) is 0 Å². The number of amides is 2. The topological polar surface area (TPSA) is 70.1 Å². The number of carbonyl (C=O) groups excluding carboxylic acids is 2. The van der Waals surface area contributed by atoms with Crippen LogP contribution in [0.4, 0.5) is 4.79 Å². The number of likely N-dealkylation sites (N-methyl/N-ethyl adjacent to an activating group) is 1. The van der Waals surface area contributed by atoms with E-state index in [0.29, 0.717) is 25.9 Å². The lowest BCUT2D eigenvalue weighted by Crippen LogP contribution is -2.50. The summed E-state index contributed by atoms with van der Waals surface area (Å²) in [6.07, 6.45) is -0.776. The Morgan fingerprint density at radius 3 is 2.48 bits per heavy atom. The Labute approximate surface area is 136 Å². The fourth-order valence-electron chi connectivity index (χ4n) is 2.82. The van der Waals surface area contributed by atoms with E-state index in [-0.39, 0.29) is 12.5 Å². The van der Waals surface area contributed by atoms with Crippen LogP contribution in [0.5, 0.6) is 0 Å². The number of likely N-dealkylation sites (tertiary alicyclic amines) is 1. The number of ether oxygens (including phenoxy) is 1. The Bertz CT molecular complexity index is 531. The van der Waals surface area contributed by atoms with E-state index in [1.807, 2.05) is 44.2 Å². The molecular formula is C17H24N2O4. The van der Waals surface area contributed by atoms with E-state index in [4.69, 9.17) is 4.74 Å². The van der Waals surface area contributed by atoms with Gasteiger partial charge in [-0.25, -0.2) is 4.79 Å². The highest BCUT2D eigenvalue weighted by molar-refractivity contribution is 5.86. The molecule has 1 heterocycles. The molecule has 0 spiro atoms. The highest BCUT2D eigenvalue weighted by Gasteiger charge is 2.42. The summed E-state index contributed by atoms with van der Waals surface area (Å²) in [4.78, 5) is 27.7. The van der Waals surface area contributed by atoms with Crippen molar-refractivity contribution in [3.05, 3.63) is 35.9 Å². The third-order valence-corrected chi connectivity index (χ3v) is 4.13. The molecule has 0 aromatic heterocycles. The molecule has 0 radical (unpaired) electrons. The monoisotopic (exact) mass is 320 g/mol. The molecule has 1 aliphatic heterocycles. The second kappa shape index (κ2) is 7.97. The average molecular weight is 320 g/mol. The van der Waals surface area contributed by atoms with Crippen molar-refractivity contribution >= 4 is 12.0 Å². The predicted molar refractivity (Wildman–Crippen MR) is 85.4 cm³/mol. The number of carbonyl (C=O) groups is 2. The zero-order valence-corrected chi connectivity index (χ0v) is 13.6. The third kappa shape index (κ3) is 4.01. The molecule has 1 aromatic carbocycles. The van der Waals surface area contributed by atoms with Gasteiger partial charge in [-0.2, -0.15) is 0 Å². The molecule has 0 bridgehead atoms. The molecule has 126 valence electrons. The second-order valence-corrected chi connectivity index (χ2v) is 5.53. The summed E-state index contributed by atoms with van der Waals surface area (Å²) in [6, 6.07) is 8.67. The van der Waals surface area contributed by atoms with Crippen LogP contribution in [0.3, 0.4) is 0 Å². The first-order chi connectivity index (χ1) is 11.1. The van der Waals surface area contributed by atoms with Gasteiger partial charge in [-0.1, -0.05) is 30.3 Å². The molecule has 6 heteroatoms. The molecule has 2 amide bonds. The normalized spacial score (nSPS) is 20.4. The van der Waals surface area contributed by atoms with Crippen LogP contribution in [0.25, 0.3) is 0 Å². The van der Waals surface area contributed by atoms with Gasteiger partial charge in [-0.3, -0.25) is 9.69 Å². The quantitative estimate of drug-likeness (QED) is 0.900. The lowest BCUT2D eigenvalue weighted by Gasteiger charge is -2.30. The molecule has 0 saturated carbocycles. The van der Waals surface area contributed by atoms with Crippen molar-refractivity contribution in [1.29, 1.82) is 0 Å². The molecular weight excluding hydrogens is 296 g/mol. The second-order valence-electron chi connectivity index (χ2n) is 5.53. The van der Waals surface area contributed by atoms with Gasteiger partial charge in [-0.05, 0) is 32.3 Å². The molecule has 1 aromatic rings. The predicted octanol–water partition coefficient (Wildman–Crippen LogP) is 1.97. The maximum absolute atomic E-state index is 12.5. The summed E-state index contributed by atoms with van der Waals surface area (Å²) in [5.74, 6) is -0.136. The minimum Gasteiger partial charge on any atom is -0.444 e. The number of benzene rings is 1. The maximum Gasteiger partial charge on any atom is 0.412 e. The van der Waals surface area contributed by atoms with E-state index in [1.165, 1.54) is 4.90 Å². The summed E-state index contributed by atoms with van der Waals surface area (Å²) in [5.41, 5.74) is 0.862. The molecule has 1 unspecified atom stereocenters. The van der Waals surface area contributed by atoms with E-state index in [1.54, 1.807) is 4.90 Å². The first-order valence-corrected chi connectivity index (χ1v) is 8.04. The summed E-state index contributed by atoms with van der Waals surface area (Å²) < 4.78 is 5.27. The zero-order chi connectivity index (χ0) is 16.8. The molecule has 1 aliphatic rings. The van der Waals surface area contributed by atoms with Crippen LogP contribution < -0.4 is 0 Å². The Morgan fingerprint density at radius 1 is 1.22 bits per heavy atom. The van der Waals surface area contributed by atoms with Gasteiger partial charge in [0, 0.05) is 13.1 Å². The Hall–Kier alpha value is -2.08. The minimum absolute atomic E-state index is 0.120. The standard InChI is InChI=1S/C17H24N2O4/c1-3-18(4-2)16(21)14-10-11-15(20)19(14)17(22)23-12-13-8-6-5-7-9-13/h5-9,14-15,20H,3-4,10-12H2,1-2H3/t14-,15?/m0/s1. The van der Waals surface area contributed by atoms with Crippen molar-refractivity contribution in [3.63, 3.8) is 0 Å². The summed E-state index contributed by atoms with van der Waals surface area (Å²) >= 11 is 0. The van der Waals surface area contributed by atoms with Crippen molar-refractivity contribution in [2.45, 2.75) is 45.6 Å².